The number of benzene rings is 2. The number of hydrogen-bond acceptors (Lipinski definition) is 3. The van der Waals surface area contributed by atoms with E-state index in [2.05, 4.69) is 5.32 Å². The maximum atomic E-state index is 12.3. The number of carbonyl (C=O) groups excluding carboxylic acids is 1. The smallest absolute Gasteiger partial charge is 0.224 e. The molecule has 1 amide bonds. The lowest BCUT2D eigenvalue weighted by molar-refractivity contribution is -0.125. The summed E-state index contributed by atoms with van der Waals surface area (Å²) in [7, 11) is 0. The van der Waals surface area contributed by atoms with Crippen LogP contribution in [0.4, 0.5) is 0 Å². The summed E-state index contributed by atoms with van der Waals surface area (Å²) < 4.78 is 0. The van der Waals surface area contributed by atoms with E-state index in [9.17, 15) is 9.90 Å². The minimum absolute atomic E-state index is 0. The highest BCUT2D eigenvalue weighted by molar-refractivity contribution is 5.85. The van der Waals surface area contributed by atoms with Crippen LogP contribution in [0.5, 0.6) is 0 Å². The summed E-state index contributed by atoms with van der Waals surface area (Å²) in [6, 6.07) is 16.8. The van der Waals surface area contributed by atoms with Crippen molar-refractivity contribution in [2.75, 3.05) is 6.54 Å². The molecule has 4 nitrogen and oxygen atoms in total. The van der Waals surface area contributed by atoms with Crippen LogP contribution in [0.25, 0.3) is 0 Å². The van der Waals surface area contributed by atoms with Crippen molar-refractivity contribution in [1.29, 1.82) is 0 Å². The Morgan fingerprint density at radius 3 is 2.33 bits per heavy atom. The average Bonchev–Trinajstić information content (AvgIpc) is 2.59. The molecule has 0 radical (unpaired) electrons. The van der Waals surface area contributed by atoms with Crippen molar-refractivity contribution in [3.05, 3.63) is 71.3 Å². The number of carbonyl (C=O) groups is 1. The number of nitrogens with one attached hydrogen (secondary N) is 1. The molecular formula is C19H25ClN2O2. The summed E-state index contributed by atoms with van der Waals surface area (Å²) in [6.07, 6.45) is -0.722. The molecule has 0 saturated heterocycles. The molecular weight excluding hydrogens is 324 g/mol. The van der Waals surface area contributed by atoms with Crippen LogP contribution in [0.1, 0.15) is 35.8 Å². The summed E-state index contributed by atoms with van der Waals surface area (Å²) in [5.74, 6) is -0.532. The molecule has 4 N–H and O–H groups in total. The minimum atomic E-state index is -0.722. The monoisotopic (exact) mass is 348 g/mol. The molecule has 0 fully saturated rings. The van der Waals surface area contributed by atoms with Crippen molar-refractivity contribution < 1.29 is 9.90 Å². The Bertz CT molecular complexity index is 649. The Labute approximate surface area is 149 Å². The van der Waals surface area contributed by atoms with Gasteiger partial charge in [0.1, 0.15) is 0 Å². The zero-order valence-electron chi connectivity index (χ0n) is 14.0. The SMILES string of the molecule is Cc1ccccc1C(O)CNC(=O)C(C)C(N)c1ccccc1.Cl. The van der Waals surface area contributed by atoms with E-state index in [0.717, 1.165) is 16.7 Å². The van der Waals surface area contributed by atoms with Crippen molar-refractivity contribution in [3.63, 3.8) is 0 Å². The molecule has 2 aromatic carbocycles. The van der Waals surface area contributed by atoms with Crippen LogP contribution in [0.15, 0.2) is 54.6 Å². The maximum Gasteiger partial charge on any atom is 0.224 e. The lowest BCUT2D eigenvalue weighted by Gasteiger charge is -2.21. The first-order chi connectivity index (χ1) is 11.0. The number of rotatable bonds is 6. The van der Waals surface area contributed by atoms with Crippen LogP contribution in [-0.4, -0.2) is 17.6 Å². The van der Waals surface area contributed by atoms with Crippen molar-refractivity contribution >= 4 is 18.3 Å². The predicted molar refractivity (Wildman–Crippen MR) is 98.9 cm³/mol. The predicted octanol–water partition coefficient (Wildman–Crippen LogP) is 2.90. The van der Waals surface area contributed by atoms with Gasteiger partial charge in [-0.15, -0.1) is 12.4 Å². The standard InChI is InChI=1S/C19H24N2O2.ClH/c1-13-8-6-7-11-16(13)17(22)12-21-19(23)14(2)18(20)15-9-4-3-5-10-15;/h3-11,14,17-18,22H,12,20H2,1-2H3,(H,21,23);1H. The fourth-order valence-electron chi connectivity index (χ4n) is 2.56. The highest BCUT2D eigenvalue weighted by Crippen LogP contribution is 2.20. The van der Waals surface area contributed by atoms with Crippen LogP contribution < -0.4 is 11.1 Å². The lowest BCUT2D eigenvalue weighted by atomic mass is 9.94. The van der Waals surface area contributed by atoms with Crippen molar-refractivity contribution in [3.8, 4) is 0 Å². The first-order valence-corrected chi connectivity index (χ1v) is 7.82. The Morgan fingerprint density at radius 1 is 1.12 bits per heavy atom. The van der Waals surface area contributed by atoms with Crippen LogP contribution >= 0.6 is 12.4 Å². The number of aliphatic hydroxyl groups is 1. The summed E-state index contributed by atoms with van der Waals surface area (Å²) >= 11 is 0. The molecule has 0 aliphatic heterocycles. The number of nitrogens with two attached hydrogens (primary N) is 1. The van der Waals surface area contributed by atoms with E-state index < -0.39 is 6.10 Å². The molecule has 24 heavy (non-hydrogen) atoms. The van der Waals surface area contributed by atoms with Gasteiger partial charge >= 0.3 is 0 Å². The van der Waals surface area contributed by atoms with Gasteiger partial charge in [0, 0.05) is 12.6 Å². The second-order valence-corrected chi connectivity index (χ2v) is 5.84. The molecule has 5 heteroatoms. The number of amides is 1. The fourth-order valence-corrected chi connectivity index (χ4v) is 2.56. The first kappa shape index (κ1) is 20.2. The van der Waals surface area contributed by atoms with Gasteiger partial charge in [0.2, 0.25) is 5.91 Å². The lowest BCUT2D eigenvalue weighted by Crippen LogP contribution is -2.37. The number of aliphatic hydroxyl groups excluding tert-OH is 1. The molecule has 0 bridgehead atoms. The molecule has 0 heterocycles. The van der Waals surface area contributed by atoms with Crippen LogP contribution in [0, 0.1) is 12.8 Å². The van der Waals surface area contributed by atoms with Gasteiger partial charge in [-0.3, -0.25) is 4.79 Å². The number of halogens is 1. The highest BCUT2D eigenvalue weighted by Gasteiger charge is 2.22. The molecule has 0 saturated carbocycles. The number of hydrogen-bond donors (Lipinski definition) is 3. The summed E-state index contributed by atoms with van der Waals surface area (Å²) in [4.78, 5) is 12.3. The van der Waals surface area contributed by atoms with E-state index in [0.29, 0.717) is 0 Å². The van der Waals surface area contributed by atoms with Gasteiger partial charge in [0.05, 0.1) is 12.0 Å². The molecule has 3 unspecified atom stereocenters. The Hall–Kier alpha value is -1.88. The van der Waals surface area contributed by atoms with Gasteiger partial charge in [0.25, 0.3) is 0 Å². The molecule has 0 aliphatic rings. The van der Waals surface area contributed by atoms with Gasteiger partial charge < -0.3 is 16.2 Å². The molecule has 0 aliphatic carbocycles. The largest absolute Gasteiger partial charge is 0.387 e. The van der Waals surface area contributed by atoms with E-state index in [1.807, 2.05) is 61.5 Å². The molecule has 2 rings (SSSR count). The maximum absolute atomic E-state index is 12.3. The van der Waals surface area contributed by atoms with E-state index in [4.69, 9.17) is 5.73 Å². The van der Waals surface area contributed by atoms with Gasteiger partial charge in [-0.2, -0.15) is 0 Å². The third kappa shape index (κ3) is 5.06. The van der Waals surface area contributed by atoms with Gasteiger partial charge in [0.15, 0.2) is 0 Å². The van der Waals surface area contributed by atoms with Crippen LogP contribution in [-0.2, 0) is 4.79 Å². The van der Waals surface area contributed by atoms with Crippen LogP contribution in [0.3, 0.4) is 0 Å². The van der Waals surface area contributed by atoms with Gasteiger partial charge in [-0.25, -0.2) is 0 Å². The number of aryl methyl sites for hydroxylation is 1. The Kier molecular flexibility index (Phi) is 7.92. The zero-order chi connectivity index (χ0) is 16.8. The molecule has 3 atom stereocenters. The zero-order valence-corrected chi connectivity index (χ0v) is 14.8. The molecule has 2 aromatic rings. The third-order valence-electron chi connectivity index (χ3n) is 4.15. The normalized spacial score (nSPS) is 14.2. The van der Waals surface area contributed by atoms with E-state index in [-0.39, 0.29) is 36.8 Å². The van der Waals surface area contributed by atoms with Gasteiger partial charge in [-0.1, -0.05) is 61.5 Å². The Balaban J connectivity index is 0.00000288. The second kappa shape index (κ2) is 9.42. The summed E-state index contributed by atoms with van der Waals surface area (Å²) in [6.45, 7) is 3.91. The average molecular weight is 349 g/mol. The van der Waals surface area contributed by atoms with Crippen molar-refractivity contribution in [2.24, 2.45) is 11.7 Å². The van der Waals surface area contributed by atoms with E-state index >= 15 is 0 Å². The quantitative estimate of drug-likeness (QED) is 0.751. The summed E-state index contributed by atoms with van der Waals surface area (Å²) in [5, 5.41) is 13.0. The van der Waals surface area contributed by atoms with Crippen LogP contribution in [0.2, 0.25) is 0 Å². The van der Waals surface area contributed by atoms with Gasteiger partial charge in [-0.05, 0) is 23.6 Å². The summed E-state index contributed by atoms with van der Waals surface area (Å²) in [5.41, 5.74) is 8.91. The van der Waals surface area contributed by atoms with E-state index in [1.54, 1.807) is 6.92 Å². The minimum Gasteiger partial charge on any atom is -0.387 e. The first-order valence-electron chi connectivity index (χ1n) is 7.82. The highest BCUT2D eigenvalue weighted by atomic mass is 35.5. The van der Waals surface area contributed by atoms with Crippen molar-refractivity contribution in [1.82, 2.24) is 5.32 Å². The molecule has 130 valence electrons. The Morgan fingerprint density at radius 2 is 1.71 bits per heavy atom. The topological polar surface area (TPSA) is 75.3 Å². The van der Waals surface area contributed by atoms with Crippen molar-refractivity contribution in [2.45, 2.75) is 26.0 Å². The molecule has 0 spiro atoms. The molecule has 0 aromatic heterocycles. The third-order valence-corrected chi connectivity index (χ3v) is 4.15. The second-order valence-electron chi connectivity index (χ2n) is 5.84. The van der Waals surface area contributed by atoms with E-state index in [1.165, 1.54) is 0 Å². The fraction of sp³-hybridized carbons (Fsp3) is 0.316.